The highest BCUT2D eigenvalue weighted by Crippen LogP contribution is 2.45. The summed E-state index contributed by atoms with van der Waals surface area (Å²) in [7, 11) is 0. The number of carboxylic acid groups (broad SMARTS) is 1. The molecular weight excluding hydrogens is 396 g/mol. The van der Waals surface area contributed by atoms with Gasteiger partial charge in [-0.1, -0.05) is 27.7 Å². The van der Waals surface area contributed by atoms with Gasteiger partial charge in [-0.15, -0.1) is 0 Å². The third-order valence-electron chi connectivity index (χ3n) is 7.90. The lowest BCUT2D eigenvalue weighted by molar-refractivity contribution is -0.338. The molecule has 0 aromatic carbocycles. The van der Waals surface area contributed by atoms with E-state index in [0.717, 1.165) is 44.9 Å². The van der Waals surface area contributed by atoms with Crippen molar-refractivity contribution in [3.05, 3.63) is 0 Å². The van der Waals surface area contributed by atoms with Gasteiger partial charge in [0, 0.05) is 18.8 Å². The summed E-state index contributed by atoms with van der Waals surface area (Å²) in [5, 5.41) is 19.3. The largest absolute Gasteiger partial charge is 0.481 e. The lowest BCUT2D eigenvalue weighted by Crippen LogP contribution is -2.53. The average molecular weight is 441 g/mol. The number of carbonyl (C=O) groups is 2. The average Bonchev–Trinajstić information content (AvgIpc) is 2.73. The first kappa shape index (κ1) is 26.3. The van der Waals surface area contributed by atoms with Gasteiger partial charge in [0.05, 0.1) is 24.2 Å². The zero-order valence-electron chi connectivity index (χ0n) is 20.3. The highest BCUT2D eigenvalue weighted by atomic mass is 16.7. The SMILES string of the molecule is CC(=O)[C@@H](C)CC[C@@H]1O[C@@]2(CC[C@H]1C)CC[C@H](C)[C@H]([C@H](C)CC[C@H](O)[C@H](C)C(=O)O)O2. The molecule has 0 unspecified atom stereocenters. The predicted molar refractivity (Wildman–Crippen MR) is 120 cm³/mol. The topological polar surface area (TPSA) is 93.1 Å². The van der Waals surface area contributed by atoms with Crippen LogP contribution in [-0.2, 0) is 19.1 Å². The number of ether oxygens (including phenoxy) is 2. The number of rotatable bonds is 10. The van der Waals surface area contributed by atoms with Crippen LogP contribution in [0.1, 0.15) is 92.9 Å². The number of hydrogen-bond donors (Lipinski definition) is 2. The Kier molecular flexibility index (Phi) is 9.53. The van der Waals surface area contributed by atoms with Crippen molar-refractivity contribution in [3.8, 4) is 0 Å². The molecule has 31 heavy (non-hydrogen) atoms. The van der Waals surface area contributed by atoms with E-state index in [4.69, 9.17) is 14.6 Å². The number of aliphatic carboxylic acids is 1. The molecule has 2 aliphatic rings. The van der Waals surface area contributed by atoms with Gasteiger partial charge in [0.1, 0.15) is 5.78 Å². The molecule has 0 radical (unpaired) electrons. The summed E-state index contributed by atoms with van der Waals surface area (Å²) in [6, 6.07) is 0. The summed E-state index contributed by atoms with van der Waals surface area (Å²) in [5.74, 6) is -0.912. The number of aliphatic hydroxyl groups excluding tert-OH is 1. The van der Waals surface area contributed by atoms with Crippen molar-refractivity contribution in [1.82, 2.24) is 0 Å². The summed E-state index contributed by atoms with van der Waals surface area (Å²) >= 11 is 0. The van der Waals surface area contributed by atoms with E-state index in [-0.39, 0.29) is 29.8 Å². The fraction of sp³-hybridized carbons (Fsp3) is 0.920. The maximum absolute atomic E-state index is 11.6. The van der Waals surface area contributed by atoms with Crippen molar-refractivity contribution in [2.75, 3.05) is 0 Å². The fourth-order valence-electron chi connectivity index (χ4n) is 5.04. The van der Waals surface area contributed by atoms with Crippen LogP contribution in [0.25, 0.3) is 0 Å². The molecule has 2 rings (SSSR count). The molecule has 0 aromatic rings. The standard InChI is InChI=1S/C25H44O6/c1-15(20(6)26)8-10-22-16(2)11-13-25(30-22)14-12-18(4)23(31-25)17(3)7-9-21(27)19(5)24(28)29/h15-19,21-23,27H,7-14H2,1-6H3,(H,28,29)/t15-,16+,17+,18-,19-,21-,22-,23-,25+/m0/s1. The molecule has 0 amide bonds. The number of aliphatic hydroxyl groups is 1. The van der Waals surface area contributed by atoms with Gasteiger partial charge in [0.25, 0.3) is 0 Å². The highest BCUT2D eigenvalue weighted by Gasteiger charge is 2.47. The molecule has 0 aliphatic carbocycles. The fourth-order valence-corrected chi connectivity index (χ4v) is 5.04. The molecule has 2 aliphatic heterocycles. The van der Waals surface area contributed by atoms with Gasteiger partial charge in [-0.25, -0.2) is 0 Å². The minimum atomic E-state index is -0.962. The van der Waals surface area contributed by atoms with Gasteiger partial charge in [-0.05, 0) is 70.1 Å². The Morgan fingerprint density at radius 3 is 2.19 bits per heavy atom. The number of hydrogen-bond acceptors (Lipinski definition) is 5. The van der Waals surface area contributed by atoms with Gasteiger partial charge >= 0.3 is 5.97 Å². The smallest absolute Gasteiger partial charge is 0.308 e. The molecule has 6 heteroatoms. The molecular formula is C25H44O6. The first-order valence-corrected chi connectivity index (χ1v) is 12.2. The van der Waals surface area contributed by atoms with Crippen LogP contribution in [0.2, 0.25) is 0 Å². The summed E-state index contributed by atoms with van der Waals surface area (Å²) in [4.78, 5) is 22.7. The summed E-state index contributed by atoms with van der Waals surface area (Å²) in [6.45, 7) is 11.8. The van der Waals surface area contributed by atoms with E-state index in [1.54, 1.807) is 13.8 Å². The lowest BCUT2D eigenvalue weighted by Gasteiger charge is -2.51. The number of ketones is 1. The minimum absolute atomic E-state index is 0.0336. The molecule has 2 heterocycles. The van der Waals surface area contributed by atoms with E-state index in [2.05, 4.69) is 20.8 Å². The normalized spacial score (nSPS) is 35.3. The van der Waals surface area contributed by atoms with Crippen LogP contribution in [0.4, 0.5) is 0 Å². The van der Waals surface area contributed by atoms with Crippen molar-refractivity contribution in [2.24, 2.45) is 29.6 Å². The Morgan fingerprint density at radius 1 is 1.00 bits per heavy atom. The van der Waals surface area contributed by atoms with Gasteiger partial charge in [-0.2, -0.15) is 0 Å². The van der Waals surface area contributed by atoms with Gasteiger partial charge in [0.15, 0.2) is 5.79 Å². The van der Waals surface area contributed by atoms with Crippen LogP contribution in [-0.4, -0.2) is 46.1 Å². The molecule has 180 valence electrons. The van der Waals surface area contributed by atoms with Crippen molar-refractivity contribution < 1.29 is 29.3 Å². The second-order valence-electron chi connectivity index (χ2n) is 10.5. The van der Waals surface area contributed by atoms with E-state index < -0.39 is 23.8 Å². The molecule has 1 spiro atoms. The van der Waals surface area contributed by atoms with Crippen LogP contribution in [0, 0.1) is 29.6 Å². The predicted octanol–water partition coefficient (Wildman–Crippen LogP) is 4.82. The van der Waals surface area contributed by atoms with E-state index in [0.29, 0.717) is 18.3 Å². The third kappa shape index (κ3) is 7.00. The maximum Gasteiger partial charge on any atom is 0.308 e. The monoisotopic (exact) mass is 440 g/mol. The molecule has 6 nitrogen and oxygen atoms in total. The van der Waals surface area contributed by atoms with Crippen molar-refractivity contribution in [3.63, 3.8) is 0 Å². The lowest BCUT2D eigenvalue weighted by atomic mass is 9.79. The molecule has 2 N–H and O–H groups in total. The number of Topliss-reactive ketones (excluding diaryl/α,β-unsaturated/α-hetero) is 1. The van der Waals surface area contributed by atoms with Crippen molar-refractivity contribution >= 4 is 11.8 Å². The van der Waals surface area contributed by atoms with Crippen LogP contribution in [0.5, 0.6) is 0 Å². The summed E-state index contributed by atoms with van der Waals surface area (Å²) in [5.41, 5.74) is 0. The van der Waals surface area contributed by atoms with Crippen LogP contribution < -0.4 is 0 Å². The molecule has 9 atom stereocenters. The Balaban J connectivity index is 1.97. The molecule has 2 fully saturated rings. The van der Waals surface area contributed by atoms with Crippen LogP contribution >= 0.6 is 0 Å². The quantitative estimate of drug-likeness (QED) is 0.506. The Bertz CT molecular complexity index is 603. The molecule has 0 saturated carbocycles. The van der Waals surface area contributed by atoms with Crippen LogP contribution in [0.15, 0.2) is 0 Å². The molecule has 0 bridgehead atoms. The zero-order chi connectivity index (χ0) is 23.3. The van der Waals surface area contributed by atoms with E-state index in [9.17, 15) is 14.7 Å². The van der Waals surface area contributed by atoms with Gasteiger partial charge < -0.3 is 19.7 Å². The molecule has 2 saturated heterocycles. The van der Waals surface area contributed by atoms with Crippen molar-refractivity contribution in [1.29, 1.82) is 0 Å². The van der Waals surface area contributed by atoms with E-state index >= 15 is 0 Å². The highest BCUT2D eigenvalue weighted by molar-refractivity contribution is 5.77. The minimum Gasteiger partial charge on any atom is -0.481 e. The number of carbonyl (C=O) groups excluding carboxylic acids is 1. The van der Waals surface area contributed by atoms with E-state index in [1.165, 1.54) is 0 Å². The Morgan fingerprint density at radius 2 is 1.61 bits per heavy atom. The third-order valence-corrected chi connectivity index (χ3v) is 7.90. The van der Waals surface area contributed by atoms with E-state index in [1.807, 2.05) is 6.92 Å². The number of carboxylic acids is 1. The van der Waals surface area contributed by atoms with Gasteiger partial charge in [-0.3, -0.25) is 9.59 Å². The summed E-state index contributed by atoms with van der Waals surface area (Å²) < 4.78 is 13.3. The maximum atomic E-state index is 11.6. The first-order valence-electron chi connectivity index (χ1n) is 12.2. The molecule has 0 aromatic heterocycles. The summed E-state index contributed by atoms with van der Waals surface area (Å²) in [6.07, 6.45) is 6.08. The Hall–Kier alpha value is -0.980. The Labute approximate surface area is 188 Å². The van der Waals surface area contributed by atoms with Crippen LogP contribution in [0.3, 0.4) is 0 Å². The zero-order valence-corrected chi connectivity index (χ0v) is 20.3. The van der Waals surface area contributed by atoms with Crippen molar-refractivity contribution in [2.45, 2.75) is 117 Å². The second-order valence-corrected chi connectivity index (χ2v) is 10.5. The second kappa shape index (κ2) is 11.2. The van der Waals surface area contributed by atoms with Gasteiger partial charge in [0.2, 0.25) is 0 Å². The first-order chi connectivity index (χ1) is 14.5.